The van der Waals surface area contributed by atoms with Crippen LogP contribution in [0.2, 0.25) is 0 Å². The second-order valence-electron chi connectivity index (χ2n) is 7.17. The van der Waals surface area contributed by atoms with Crippen molar-refractivity contribution < 1.29 is 19.5 Å². The van der Waals surface area contributed by atoms with Crippen LogP contribution in [0, 0.1) is 23.7 Å². The van der Waals surface area contributed by atoms with E-state index in [-0.39, 0.29) is 47.1 Å². The number of nitrogens with zero attached hydrogens (tertiary/aromatic N) is 2. The highest BCUT2D eigenvalue weighted by Gasteiger charge is 2.58. The molecule has 0 aromatic carbocycles. The first-order valence-electron chi connectivity index (χ1n) is 9.03. The SMILES string of the molecule is CC[C@H](C(=O)Nc1ncccc1O)N1C(=O)[C@@H]2[C@@H](C1=O)[C@H]1C=C[C@H]2CC1. The third kappa shape index (κ3) is 2.41. The summed E-state index contributed by atoms with van der Waals surface area (Å²) < 4.78 is 0. The van der Waals surface area contributed by atoms with Crippen molar-refractivity contribution in [2.45, 2.75) is 32.2 Å². The quantitative estimate of drug-likeness (QED) is 0.633. The Hall–Kier alpha value is -2.70. The van der Waals surface area contributed by atoms with Crippen LogP contribution in [0.4, 0.5) is 5.82 Å². The summed E-state index contributed by atoms with van der Waals surface area (Å²) in [5, 5.41) is 12.3. The summed E-state index contributed by atoms with van der Waals surface area (Å²) in [4.78, 5) is 43.8. The van der Waals surface area contributed by atoms with E-state index in [0.29, 0.717) is 6.42 Å². The molecule has 3 amide bonds. The molecule has 0 spiro atoms. The lowest BCUT2D eigenvalue weighted by atomic mass is 9.63. The van der Waals surface area contributed by atoms with Crippen molar-refractivity contribution in [3.8, 4) is 5.75 Å². The smallest absolute Gasteiger partial charge is 0.248 e. The fourth-order valence-electron chi connectivity index (χ4n) is 4.58. The van der Waals surface area contributed by atoms with Crippen LogP contribution in [0.3, 0.4) is 0 Å². The second-order valence-corrected chi connectivity index (χ2v) is 7.17. The van der Waals surface area contributed by atoms with Gasteiger partial charge in [0, 0.05) is 6.20 Å². The Bertz CT molecular complexity index is 774. The van der Waals surface area contributed by atoms with E-state index in [2.05, 4.69) is 22.5 Å². The lowest BCUT2D eigenvalue weighted by Gasteiger charge is -2.38. The van der Waals surface area contributed by atoms with E-state index in [4.69, 9.17) is 0 Å². The summed E-state index contributed by atoms with van der Waals surface area (Å²) in [6.07, 6.45) is 7.69. The normalized spacial score (nSPS) is 30.4. The Morgan fingerprint density at radius 2 is 1.88 bits per heavy atom. The summed E-state index contributed by atoms with van der Waals surface area (Å²) >= 11 is 0. The number of anilines is 1. The predicted molar refractivity (Wildman–Crippen MR) is 92.8 cm³/mol. The summed E-state index contributed by atoms with van der Waals surface area (Å²) in [5.41, 5.74) is 0. The zero-order chi connectivity index (χ0) is 18.4. The number of aromatic hydroxyl groups is 1. The third-order valence-electron chi connectivity index (χ3n) is 5.82. The minimum absolute atomic E-state index is 0.0224. The Labute approximate surface area is 151 Å². The molecule has 5 rings (SSSR count). The molecule has 7 heteroatoms. The highest BCUT2D eigenvalue weighted by molar-refractivity contribution is 6.10. The molecule has 1 saturated carbocycles. The number of fused-ring (bicyclic) bond motifs is 1. The molecule has 2 fully saturated rings. The molecule has 4 aliphatic rings. The van der Waals surface area contributed by atoms with E-state index in [1.807, 2.05) is 0 Å². The van der Waals surface area contributed by atoms with Crippen LogP contribution in [0.15, 0.2) is 30.5 Å². The number of rotatable bonds is 4. The van der Waals surface area contributed by atoms with Crippen molar-refractivity contribution in [1.29, 1.82) is 0 Å². The molecular formula is C19H21N3O4. The number of imide groups is 1. The number of pyridine rings is 1. The number of nitrogens with one attached hydrogen (secondary N) is 1. The maximum absolute atomic E-state index is 13.0. The van der Waals surface area contributed by atoms with E-state index < -0.39 is 11.9 Å². The summed E-state index contributed by atoms with van der Waals surface area (Å²) in [5.74, 6) is -1.63. The van der Waals surface area contributed by atoms with E-state index in [1.54, 1.807) is 13.0 Å². The van der Waals surface area contributed by atoms with Crippen molar-refractivity contribution in [3.63, 3.8) is 0 Å². The summed E-state index contributed by atoms with van der Waals surface area (Å²) in [6.45, 7) is 1.76. The molecule has 1 aromatic rings. The van der Waals surface area contributed by atoms with Gasteiger partial charge in [-0.25, -0.2) is 4.98 Å². The van der Waals surface area contributed by atoms with Crippen molar-refractivity contribution in [1.82, 2.24) is 9.88 Å². The molecule has 0 unspecified atom stereocenters. The van der Waals surface area contributed by atoms with Crippen LogP contribution in [0.25, 0.3) is 0 Å². The van der Waals surface area contributed by atoms with E-state index in [9.17, 15) is 19.5 Å². The van der Waals surface area contributed by atoms with Crippen LogP contribution < -0.4 is 5.32 Å². The third-order valence-corrected chi connectivity index (χ3v) is 5.82. The number of hydrogen-bond acceptors (Lipinski definition) is 5. The van der Waals surface area contributed by atoms with Crippen LogP contribution in [-0.2, 0) is 14.4 Å². The van der Waals surface area contributed by atoms with Gasteiger partial charge in [-0.3, -0.25) is 19.3 Å². The van der Waals surface area contributed by atoms with Crippen molar-refractivity contribution in [3.05, 3.63) is 30.5 Å². The van der Waals surface area contributed by atoms with Gasteiger partial charge in [-0.1, -0.05) is 19.1 Å². The van der Waals surface area contributed by atoms with Gasteiger partial charge in [0.1, 0.15) is 6.04 Å². The first kappa shape index (κ1) is 16.8. The van der Waals surface area contributed by atoms with Crippen LogP contribution in [0.5, 0.6) is 5.75 Å². The number of aromatic nitrogens is 1. The zero-order valence-corrected chi connectivity index (χ0v) is 14.5. The average Bonchev–Trinajstić information content (AvgIpc) is 2.93. The van der Waals surface area contributed by atoms with E-state index in [0.717, 1.165) is 17.7 Å². The number of allylic oxidation sites excluding steroid dienone is 2. The molecule has 1 saturated heterocycles. The topological polar surface area (TPSA) is 99.6 Å². The largest absolute Gasteiger partial charge is 0.504 e. The second kappa shape index (κ2) is 6.23. The van der Waals surface area contributed by atoms with Crippen LogP contribution in [-0.4, -0.2) is 38.8 Å². The minimum Gasteiger partial charge on any atom is -0.504 e. The molecule has 7 nitrogen and oxygen atoms in total. The lowest BCUT2D eigenvalue weighted by Crippen LogP contribution is -2.47. The van der Waals surface area contributed by atoms with Crippen LogP contribution in [0.1, 0.15) is 26.2 Å². The molecule has 5 atom stereocenters. The molecule has 2 N–H and O–H groups in total. The molecular weight excluding hydrogens is 334 g/mol. The molecule has 1 aliphatic heterocycles. The van der Waals surface area contributed by atoms with Gasteiger partial charge in [0.05, 0.1) is 11.8 Å². The van der Waals surface area contributed by atoms with Crippen LogP contribution >= 0.6 is 0 Å². The Morgan fingerprint density at radius 1 is 1.27 bits per heavy atom. The average molecular weight is 355 g/mol. The maximum atomic E-state index is 13.0. The minimum atomic E-state index is -0.901. The molecule has 136 valence electrons. The Morgan fingerprint density at radius 3 is 2.38 bits per heavy atom. The molecule has 3 aliphatic carbocycles. The first-order chi connectivity index (χ1) is 12.5. The maximum Gasteiger partial charge on any atom is 0.248 e. The molecule has 2 heterocycles. The van der Waals surface area contributed by atoms with Crippen molar-refractivity contribution >= 4 is 23.5 Å². The van der Waals surface area contributed by atoms with Gasteiger partial charge in [-0.05, 0) is 43.2 Å². The summed E-state index contributed by atoms with van der Waals surface area (Å²) in [7, 11) is 0. The Kier molecular flexibility index (Phi) is 4.01. The fourth-order valence-corrected chi connectivity index (χ4v) is 4.58. The lowest BCUT2D eigenvalue weighted by molar-refractivity contribution is -0.146. The first-order valence-corrected chi connectivity index (χ1v) is 9.03. The van der Waals surface area contributed by atoms with Gasteiger partial charge in [0.2, 0.25) is 17.7 Å². The highest BCUT2D eigenvalue weighted by Crippen LogP contribution is 2.50. The fraction of sp³-hybridized carbons (Fsp3) is 0.474. The molecule has 0 radical (unpaired) electrons. The monoisotopic (exact) mass is 355 g/mol. The number of hydrogen-bond donors (Lipinski definition) is 2. The predicted octanol–water partition coefficient (Wildman–Crippen LogP) is 1.70. The molecule has 2 bridgehead atoms. The standard InChI is InChI=1S/C19H21N3O4/c1-2-12(17(24)21-16-13(23)4-3-9-20-16)22-18(25)14-10-5-6-11(8-7-10)15(14)19(22)26/h3-6,9-12,14-15,23H,2,7-8H2,1H3,(H,20,21,24)/t10-,11-,12+,14-,15-/m0/s1. The highest BCUT2D eigenvalue weighted by atomic mass is 16.3. The van der Waals surface area contributed by atoms with Gasteiger partial charge in [-0.2, -0.15) is 0 Å². The number of carbonyl (C=O) groups is 3. The van der Waals surface area contributed by atoms with E-state index in [1.165, 1.54) is 12.3 Å². The molecule has 26 heavy (non-hydrogen) atoms. The Balaban J connectivity index is 1.59. The van der Waals surface area contributed by atoms with Gasteiger partial charge in [-0.15, -0.1) is 0 Å². The van der Waals surface area contributed by atoms with Gasteiger partial charge < -0.3 is 10.4 Å². The number of amides is 3. The number of carbonyl (C=O) groups excluding carboxylic acids is 3. The van der Waals surface area contributed by atoms with Gasteiger partial charge in [0.15, 0.2) is 11.6 Å². The zero-order valence-electron chi connectivity index (χ0n) is 14.5. The van der Waals surface area contributed by atoms with Gasteiger partial charge in [0.25, 0.3) is 0 Å². The molecule has 1 aromatic heterocycles. The van der Waals surface area contributed by atoms with Crippen molar-refractivity contribution in [2.75, 3.05) is 5.32 Å². The summed E-state index contributed by atoms with van der Waals surface area (Å²) in [6, 6.07) is 2.05. The van der Waals surface area contributed by atoms with Gasteiger partial charge >= 0.3 is 0 Å². The van der Waals surface area contributed by atoms with E-state index >= 15 is 0 Å². The van der Waals surface area contributed by atoms with Crippen molar-refractivity contribution in [2.24, 2.45) is 23.7 Å². The number of likely N-dealkylation sites (tertiary alicyclic amines) is 1.